The Labute approximate surface area is 137 Å². The van der Waals surface area contributed by atoms with E-state index in [0.29, 0.717) is 30.6 Å². The molecule has 5 nitrogen and oxygen atoms in total. The zero-order valence-electron chi connectivity index (χ0n) is 13.8. The highest BCUT2D eigenvalue weighted by molar-refractivity contribution is 5.94. The molecule has 0 spiro atoms. The van der Waals surface area contributed by atoms with Crippen molar-refractivity contribution in [2.75, 3.05) is 13.1 Å². The van der Waals surface area contributed by atoms with Crippen molar-refractivity contribution in [1.29, 1.82) is 0 Å². The second-order valence-electron chi connectivity index (χ2n) is 6.98. The van der Waals surface area contributed by atoms with Gasteiger partial charge in [0.05, 0.1) is 17.7 Å². The molecule has 1 saturated carbocycles. The summed E-state index contributed by atoms with van der Waals surface area (Å²) in [4.78, 5) is 26.8. The Morgan fingerprint density at radius 2 is 2.04 bits per heavy atom. The fraction of sp³-hybridized carbons (Fsp3) is 0.667. The lowest BCUT2D eigenvalue weighted by molar-refractivity contribution is -0.127. The number of hydrogen-bond acceptors (Lipinski definition) is 3. The molecule has 23 heavy (non-hydrogen) atoms. The summed E-state index contributed by atoms with van der Waals surface area (Å²) >= 11 is 0. The normalized spacial score (nSPS) is 28.4. The number of nitrogens with one attached hydrogen (secondary N) is 1. The summed E-state index contributed by atoms with van der Waals surface area (Å²) in [7, 11) is 0. The van der Waals surface area contributed by atoms with Gasteiger partial charge in [0.2, 0.25) is 5.91 Å². The van der Waals surface area contributed by atoms with Gasteiger partial charge in [-0.05, 0) is 37.7 Å². The molecular weight excluding hydrogens is 292 g/mol. The van der Waals surface area contributed by atoms with Crippen LogP contribution in [-0.2, 0) is 4.79 Å². The molecule has 5 heteroatoms. The third kappa shape index (κ3) is 3.77. The molecule has 2 heterocycles. The third-order valence-electron chi connectivity index (χ3n) is 5.29. The molecule has 0 radical (unpaired) electrons. The minimum Gasteiger partial charge on any atom is -0.472 e. The first kappa shape index (κ1) is 16.1. The molecule has 3 unspecified atom stereocenters. The molecule has 0 bridgehead atoms. The minimum absolute atomic E-state index is 0.0396. The van der Waals surface area contributed by atoms with Gasteiger partial charge in [0.1, 0.15) is 6.26 Å². The number of rotatable bonds is 3. The maximum absolute atomic E-state index is 12.6. The SMILES string of the molecule is CC1CCCCC1NC(=O)C1CCCN(C(=O)c2ccoc2)C1. The molecular formula is C18H26N2O3. The second kappa shape index (κ2) is 7.20. The van der Waals surface area contributed by atoms with Crippen LogP contribution in [0.3, 0.4) is 0 Å². The maximum Gasteiger partial charge on any atom is 0.257 e. The molecule has 126 valence electrons. The van der Waals surface area contributed by atoms with Crippen LogP contribution in [0.15, 0.2) is 23.0 Å². The Hall–Kier alpha value is -1.78. The molecule has 3 rings (SSSR count). The highest BCUT2D eigenvalue weighted by Gasteiger charge is 2.31. The molecule has 2 amide bonds. The van der Waals surface area contributed by atoms with E-state index in [-0.39, 0.29) is 17.7 Å². The van der Waals surface area contributed by atoms with Crippen molar-refractivity contribution >= 4 is 11.8 Å². The van der Waals surface area contributed by atoms with E-state index in [1.807, 2.05) is 0 Å². The van der Waals surface area contributed by atoms with Crippen LogP contribution in [0.2, 0.25) is 0 Å². The van der Waals surface area contributed by atoms with Gasteiger partial charge in [-0.15, -0.1) is 0 Å². The van der Waals surface area contributed by atoms with Crippen LogP contribution in [-0.4, -0.2) is 35.8 Å². The van der Waals surface area contributed by atoms with Crippen LogP contribution in [0.1, 0.15) is 55.8 Å². The zero-order valence-corrected chi connectivity index (χ0v) is 13.8. The lowest BCUT2D eigenvalue weighted by Crippen LogP contribution is -2.49. The number of likely N-dealkylation sites (tertiary alicyclic amines) is 1. The highest BCUT2D eigenvalue weighted by Crippen LogP contribution is 2.25. The number of furan rings is 1. The quantitative estimate of drug-likeness (QED) is 0.932. The molecule has 1 aromatic heterocycles. The Balaban J connectivity index is 1.57. The van der Waals surface area contributed by atoms with Crippen LogP contribution in [0.5, 0.6) is 0 Å². The van der Waals surface area contributed by atoms with Crippen molar-refractivity contribution in [1.82, 2.24) is 10.2 Å². The molecule has 1 aromatic rings. The number of carbonyl (C=O) groups is 2. The van der Waals surface area contributed by atoms with Gasteiger partial charge < -0.3 is 14.6 Å². The van der Waals surface area contributed by atoms with Crippen molar-refractivity contribution in [2.24, 2.45) is 11.8 Å². The van der Waals surface area contributed by atoms with E-state index >= 15 is 0 Å². The number of carbonyl (C=O) groups excluding carboxylic acids is 2. The largest absolute Gasteiger partial charge is 0.472 e. The smallest absolute Gasteiger partial charge is 0.257 e. The first-order chi connectivity index (χ1) is 11.1. The Morgan fingerprint density at radius 1 is 1.22 bits per heavy atom. The molecule has 3 atom stereocenters. The number of hydrogen-bond donors (Lipinski definition) is 1. The monoisotopic (exact) mass is 318 g/mol. The van der Waals surface area contributed by atoms with Crippen molar-refractivity contribution in [3.05, 3.63) is 24.2 Å². The van der Waals surface area contributed by atoms with Gasteiger partial charge in [-0.3, -0.25) is 9.59 Å². The van der Waals surface area contributed by atoms with Gasteiger partial charge in [-0.25, -0.2) is 0 Å². The predicted octanol–water partition coefficient (Wildman–Crippen LogP) is 2.83. The van der Waals surface area contributed by atoms with E-state index in [4.69, 9.17) is 4.42 Å². The molecule has 2 aliphatic rings. The van der Waals surface area contributed by atoms with Crippen LogP contribution < -0.4 is 5.32 Å². The summed E-state index contributed by atoms with van der Waals surface area (Å²) in [6, 6.07) is 1.98. The van der Waals surface area contributed by atoms with Gasteiger partial charge in [0, 0.05) is 19.1 Å². The molecule has 0 aromatic carbocycles. The fourth-order valence-corrected chi connectivity index (χ4v) is 3.78. The molecule has 1 aliphatic carbocycles. The summed E-state index contributed by atoms with van der Waals surface area (Å²) in [5.74, 6) is 0.546. The first-order valence-electron chi connectivity index (χ1n) is 8.77. The zero-order chi connectivity index (χ0) is 16.2. The number of nitrogens with zero attached hydrogens (tertiary/aromatic N) is 1. The van der Waals surface area contributed by atoms with Crippen molar-refractivity contribution in [3.8, 4) is 0 Å². The molecule has 1 N–H and O–H groups in total. The Bertz CT molecular complexity index is 540. The summed E-state index contributed by atoms with van der Waals surface area (Å²) in [5, 5.41) is 3.24. The fourth-order valence-electron chi connectivity index (χ4n) is 3.78. The van der Waals surface area contributed by atoms with Crippen molar-refractivity contribution < 1.29 is 14.0 Å². The first-order valence-corrected chi connectivity index (χ1v) is 8.77. The highest BCUT2D eigenvalue weighted by atomic mass is 16.3. The van der Waals surface area contributed by atoms with Gasteiger partial charge in [0.25, 0.3) is 5.91 Å². The van der Waals surface area contributed by atoms with Crippen molar-refractivity contribution in [2.45, 2.75) is 51.5 Å². The number of piperidine rings is 1. The summed E-state index contributed by atoms with van der Waals surface area (Å²) in [5.41, 5.74) is 0.562. The van der Waals surface area contributed by atoms with Crippen LogP contribution in [0.4, 0.5) is 0 Å². The standard InChI is InChI=1S/C18H26N2O3/c1-13-5-2-3-7-16(13)19-17(21)14-6-4-9-20(11-14)18(22)15-8-10-23-12-15/h8,10,12-14,16H,2-7,9,11H2,1H3,(H,19,21). The van der Waals surface area contributed by atoms with Gasteiger partial charge in [-0.2, -0.15) is 0 Å². The minimum atomic E-state index is -0.0891. The lowest BCUT2D eigenvalue weighted by atomic mass is 9.85. The van der Waals surface area contributed by atoms with Crippen LogP contribution in [0, 0.1) is 11.8 Å². The predicted molar refractivity (Wildman–Crippen MR) is 86.9 cm³/mol. The summed E-state index contributed by atoms with van der Waals surface area (Å²) in [6.07, 6.45) is 9.46. The summed E-state index contributed by atoms with van der Waals surface area (Å²) < 4.78 is 4.99. The van der Waals surface area contributed by atoms with Crippen molar-refractivity contribution in [3.63, 3.8) is 0 Å². The van der Waals surface area contributed by atoms with Crippen LogP contribution >= 0.6 is 0 Å². The number of amides is 2. The van der Waals surface area contributed by atoms with Gasteiger partial charge >= 0.3 is 0 Å². The van der Waals surface area contributed by atoms with Crippen LogP contribution in [0.25, 0.3) is 0 Å². The molecule has 1 saturated heterocycles. The van der Waals surface area contributed by atoms with E-state index in [9.17, 15) is 9.59 Å². The van der Waals surface area contributed by atoms with E-state index in [1.165, 1.54) is 31.8 Å². The lowest BCUT2D eigenvalue weighted by Gasteiger charge is -2.35. The van der Waals surface area contributed by atoms with Gasteiger partial charge in [-0.1, -0.05) is 19.8 Å². The second-order valence-corrected chi connectivity index (χ2v) is 6.98. The van der Waals surface area contributed by atoms with E-state index in [1.54, 1.807) is 11.0 Å². The van der Waals surface area contributed by atoms with E-state index < -0.39 is 0 Å². The van der Waals surface area contributed by atoms with Gasteiger partial charge in [0.15, 0.2) is 0 Å². The topological polar surface area (TPSA) is 62.6 Å². The average Bonchev–Trinajstić information content (AvgIpc) is 3.11. The van der Waals surface area contributed by atoms with E-state index in [0.717, 1.165) is 19.3 Å². The van der Waals surface area contributed by atoms with E-state index in [2.05, 4.69) is 12.2 Å². The Kier molecular flexibility index (Phi) is 5.03. The molecule has 2 fully saturated rings. The Morgan fingerprint density at radius 3 is 2.78 bits per heavy atom. The molecule has 1 aliphatic heterocycles. The summed E-state index contributed by atoms with van der Waals surface area (Å²) in [6.45, 7) is 3.45. The third-order valence-corrected chi connectivity index (χ3v) is 5.29. The maximum atomic E-state index is 12.6. The average molecular weight is 318 g/mol.